The Morgan fingerprint density at radius 2 is 1.90 bits per heavy atom. The van der Waals surface area contributed by atoms with Gasteiger partial charge in [-0.25, -0.2) is 4.98 Å². The van der Waals surface area contributed by atoms with E-state index in [1.54, 1.807) is 29.3 Å². The number of ether oxygens (including phenoxy) is 1. The van der Waals surface area contributed by atoms with Gasteiger partial charge in [-0.3, -0.25) is 9.36 Å². The van der Waals surface area contributed by atoms with E-state index in [4.69, 9.17) is 22.1 Å². The number of benzene rings is 2. The summed E-state index contributed by atoms with van der Waals surface area (Å²) in [6.45, 7) is 6.97. The lowest BCUT2D eigenvalue weighted by atomic mass is 9.89. The number of hydrogen-bond acceptors (Lipinski definition) is 4. The number of nitrogens with one attached hydrogen (secondary N) is 4. The van der Waals surface area contributed by atoms with Crippen LogP contribution in [-0.4, -0.2) is 61.8 Å². The van der Waals surface area contributed by atoms with Crippen molar-refractivity contribution in [2.45, 2.75) is 44.7 Å². The first-order valence-electron chi connectivity index (χ1n) is 14.9. The molecule has 9 nitrogen and oxygen atoms in total. The number of likely N-dealkylation sites (N-methyl/N-ethyl adjacent to an activating group) is 1. The van der Waals surface area contributed by atoms with Crippen molar-refractivity contribution in [1.29, 1.82) is 0 Å². The number of aromatic amines is 1. The van der Waals surface area contributed by atoms with Crippen molar-refractivity contribution in [1.82, 2.24) is 9.55 Å². The van der Waals surface area contributed by atoms with Gasteiger partial charge in [0.05, 0.1) is 48.7 Å². The highest BCUT2D eigenvalue weighted by Crippen LogP contribution is 2.39. The molecule has 0 atom stereocenters. The van der Waals surface area contributed by atoms with Crippen molar-refractivity contribution in [3.8, 4) is 16.9 Å². The maximum absolute atomic E-state index is 13.1. The number of fused-ring (bicyclic) bond motifs is 1. The number of quaternary nitrogens is 2. The van der Waals surface area contributed by atoms with Gasteiger partial charge >= 0.3 is 0 Å². The number of piperazine rings is 1. The van der Waals surface area contributed by atoms with Crippen LogP contribution in [0.3, 0.4) is 0 Å². The minimum atomic E-state index is -0.279. The Kier molecular flexibility index (Phi) is 8.07. The van der Waals surface area contributed by atoms with Gasteiger partial charge in [-0.15, -0.1) is 0 Å². The lowest BCUT2D eigenvalue weighted by Gasteiger charge is -2.36. The predicted octanol–water partition coefficient (Wildman–Crippen LogP) is 2.22. The molecule has 42 heavy (non-hydrogen) atoms. The second-order valence-electron chi connectivity index (χ2n) is 11.9. The number of amides is 1. The number of aromatic nitrogens is 3. The number of hydrogen-bond donors (Lipinski definition) is 4. The largest absolute Gasteiger partial charge is 0.495 e. The van der Waals surface area contributed by atoms with E-state index in [2.05, 4.69) is 33.1 Å². The number of nitrogens with zero attached hydrogens (tertiary/aromatic N) is 2. The van der Waals surface area contributed by atoms with Crippen LogP contribution in [0.1, 0.15) is 47.6 Å². The molecule has 6 rings (SSSR count). The first kappa shape index (κ1) is 28.5. The first-order chi connectivity index (χ1) is 20.3. The van der Waals surface area contributed by atoms with Gasteiger partial charge in [0, 0.05) is 18.4 Å². The zero-order valence-corrected chi connectivity index (χ0v) is 25.4. The molecular weight excluding hydrogens is 550 g/mol. The SMILES string of the molecule is COc1cc(-c2cn(C3CCC([NH+]4CC[NH+](C)CC4)CC3)c3[nH+]cnc(N)c23)ccc1NC(=O)c1c(C)cccc1Cl. The summed E-state index contributed by atoms with van der Waals surface area (Å²) in [5.41, 5.74) is 11.2. The summed E-state index contributed by atoms with van der Waals surface area (Å²) in [5.74, 6) is 0.760. The van der Waals surface area contributed by atoms with Crippen molar-refractivity contribution in [2.75, 3.05) is 51.4 Å². The number of rotatable bonds is 6. The molecule has 1 aliphatic carbocycles. The summed E-state index contributed by atoms with van der Waals surface area (Å²) < 4.78 is 8.10. The molecule has 0 radical (unpaired) electrons. The van der Waals surface area contributed by atoms with Gasteiger partial charge in [-0.05, 0) is 49.1 Å². The number of H-pyrrole nitrogens is 1. The summed E-state index contributed by atoms with van der Waals surface area (Å²) in [4.78, 5) is 24.3. The zero-order valence-electron chi connectivity index (χ0n) is 24.6. The van der Waals surface area contributed by atoms with Crippen LogP contribution in [-0.2, 0) is 0 Å². The molecule has 0 unspecified atom stereocenters. The van der Waals surface area contributed by atoms with Crippen LogP contribution in [0.5, 0.6) is 5.75 Å². The summed E-state index contributed by atoms with van der Waals surface area (Å²) in [6, 6.07) is 12.4. The molecule has 2 aromatic carbocycles. The van der Waals surface area contributed by atoms with E-state index in [0.717, 1.165) is 46.6 Å². The third kappa shape index (κ3) is 5.44. The standard InChI is InChI=1S/C32H38ClN7O2/c1-20-5-4-6-25(33)28(20)32(41)37-26-12-7-21(17-27(26)42-3)24-18-40(31-29(24)30(34)35-19-36-31)23-10-8-22(9-11-23)39-15-13-38(2)14-16-39/h4-7,12,17-19,22-23H,8-11,13-16H2,1-3H3,(H,37,41)(H2,34,35,36)/p+3. The smallest absolute Gasteiger partial charge is 0.257 e. The number of aryl methyl sites for hydroxylation is 1. The minimum Gasteiger partial charge on any atom is -0.495 e. The minimum absolute atomic E-state index is 0.279. The Morgan fingerprint density at radius 1 is 1.14 bits per heavy atom. The summed E-state index contributed by atoms with van der Waals surface area (Å²) in [6.07, 6.45) is 8.65. The molecule has 10 heteroatoms. The fraction of sp³-hybridized carbons (Fsp3) is 0.406. The quantitative estimate of drug-likeness (QED) is 0.276. The molecule has 2 fully saturated rings. The normalized spacial score (nSPS) is 22.7. The van der Waals surface area contributed by atoms with Crippen molar-refractivity contribution in [2.24, 2.45) is 0 Å². The summed E-state index contributed by atoms with van der Waals surface area (Å²) in [7, 11) is 3.91. The molecule has 0 spiro atoms. The molecule has 3 heterocycles. The molecule has 6 N–H and O–H groups in total. The van der Waals surface area contributed by atoms with Crippen molar-refractivity contribution < 1.29 is 24.3 Å². The van der Waals surface area contributed by atoms with E-state index in [9.17, 15) is 4.79 Å². The van der Waals surface area contributed by atoms with Gasteiger partial charge in [0.1, 0.15) is 37.3 Å². The maximum Gasteiger partial charge on any atom is 0.257 e. The zero-order chi connectivity index (χ0) is 29.4. The highest BCUT2D eigenvalue weighted by atomic mass is 35.5. The van der Waals surface area contributed by atoms with E-state index in [1.807, 2.05) is 37.3 Å². The molecule has 4 aromatic rings. The number of carbonyl (C=O) groups excluding carboxylic acids is 1. The second-order valence-corrected chi connectivity index (χ2v) is 12.3. The molecule has 1 amide bonds. The van der Waals surface area contributed by atoms with Crippen LogP contribution < -0.4 is 30.6 Å². The third-order valence-corrected chi connectivity index (χ3v) is 9.63. The van der Waals surface area contributed by atoms with Crippen LogP contribution in [0.25, 0.3) is 22.2 Å². The highest BCUT2D eigenvalue weighted by Gasteiger charge is 2.35. The predicted molar refractivity (Wildman–Crippen MR) is 165 cm³/mol. The number of carbonyl (C=O) groups is 1. The second kappa shape index (κ2) is 11.9. The topological polar surface area (TPSA) is 105 Å². The molecule has 1 saturated heterocycles. The molecule has 220 valence electrons. The van der Waals surface area contributed by atoms with Gasteiger partial charge < -0.3 is 25.6 Å². The lowest BCUT2D eigenvalue weighted by molar-refractivity contribution is -1.02. The first-order valence-corrected chi connectivity index (χ1v) is 15.3. The Bertz CT molecular complexity index is 1580. The van der Waals surface area contributed by atoms with Gasteiger partial charge in [-0.2, -0.15) is 0 Å². The van der Waals surface area contributed by atoms with Crippen LogP contribution >= 0.6 is 11.6 Å². The Labute approximate surface area is 251 Å². The molecule has 0 bridgehead atoms. The van der Waals surface area contributed by atoms with E-state index < -0.39 is 0 Å². The van der Waals surface area contributed by atoms with E-state index in [0.29, 0.717) is 33.9 Å². The Balaban J connectivity index is 1.27. The molecule has 2 aliphatic rings. The highest BCUT2D eigenvalue weighted by molar-refractivity contribution is 6.34. The average Bonchev–Trinajstić information content (AvgIpc) is 3.39. The van der Waals surface area contributed by atoms with Crippen molar-refractivity contribution in [3.05, 3.63) is 65.1 Å². The number of nitrogens with two attached hydrogens (primary N) is 1. The fourth-order valence-electron chi connectivity index (χ4n) is 6.90. The maximum atomic E-state index is 13.1. The van der Waals surface area contributed by atoms with Crippen molar-refractivity contribution in [3.63, 3.8) is 0 Å². The lowest BCUT2D eigenvalue weighted by Crippen LogP contribution is -3.28. The number of anilines is 2. The van der Waals surface area contributed by atoms with Gasteiger partial charge in [-0.1, -0.05) is 34.8 Å². The Morgan fingerprint density at radius 3 is 2.62 bits per heavy atom. The van der Waals surface area contributed by atoms with Gasteiger partial charge in [0.15, 0.2) is 0 Å². The average molecular weight is 591 g/mol. The number of methoxy groups -OCH3 is 1. The summed E-state index contributed by atoms with van der Waals surface area (Å²) >= 11 is 6.34. The Hall–Kier alpha value is -3.66. The number of nitrogen functional groups attached to an aromatic ring is 1. The molecule has 2 aromatic heterocycles. The molecule has 1 aliphatic heterocycles. The molecule has 1 saturated carbocycles. The fourth-order valence-corrected chi connectivity index (χ4v) is 7.21. The van der Waals surface area contributed by atoms with Crippen molar-refractivity contribution >= 4 is 40.0 Å². The van der Waals surface area contributed by atoms with Crippen LogP contribution in [0.15, 0.2) is 48.9 Å². The summed E-state index contributed by atoms with van der Waals surface area (Å²) in [5, 5.41) is 4.29. The van der Waals surface area contributed by atoms with Crippen LogP contribution in [0.4, 0.5) is 11.5 Å². The van der Waals surface area contributed by atoms with Crippen LogP contribution in [0, 0.1) is 6.92 Å². The van der Waals surface area contributed by atoms with E-state index in [1.165, 1.54) is 39.0 Å². The monoisotopic (exact) mass is 590 g/mol. The van der Waals surface area contributed by atoms with Crippen LogP contribution in [0.2, 0.25) is 5.02 Å². The third-order valence-electron chi connectivity index (χ3n) is 9.32. The van der Waals surface area contributed by atoms with E-state index >= 15 is 0 Å². The van der Waals surface area contributed by atoms with E-state index in [-0.39, 0.29) is 5.91 Å². The number of halogens is 1. The van der Waals surface area contributed by atoms with Gasteiger partial charge in [0.2, 0.25) is 17.8 Å². The van der Waals surface area contributed by atoms with Gasteiger partial charge in [0.25, 0.3) is 5.91 Å². The molecular formula is C32H41ClN7O2+3.